The predicted molar refractivity (Wildman–Crippen MR) is 74.2 cm³/mol. The van der Waals surface area contributed by atoms with Crippen molar-refractivity contribution in [2.75, 3.05) is 0 Å². The molecule has 2 bridgehead atoms. The van der Waals surface area contributed by atoms with Crippen LogP contribution in [0.1, 0.15) is 31.2 Å². The number of halogens is 1. The van der Waals surface area contributed by atoms with Crippen LogP contribution in [-0.2, 0) is 6.42 Å². The molecule has 5 heteroatoms. The quantitative estimate of drug-likeness (QED) is 0.682. The van der Waals surface area contributed by atoms with Crippen molar-refractivity contribution in [3.63, 3.8) is 0 Å². The van der Waals surface area contributed by atoms with E-state index in [1.165, 1.54) is 18.9 Å². The van der Waals surface area contributed by atoms with Gasteiger partial charge in [0.15, 0.2) is 0 Å². The molecule has 3 rings (SSSR count). The van der Waals surface area contributed by atoms with Crippen LogP contribution in [0.15, 0.2) is 18.2 Å². The standard InChI is InChI=1S/C14H17ClN2O2/c15-12-3-4-13(17(18)19)10(6-12)8-14(16)7-9-1-2-11(14)5-9/h3-4,6,9,11H,1-2,5,7-8,16H2. The van der Waals surface area contributed by atoms with Gasteiger partial charge in [-0.2, -0.15) is 0 Å². The second-order valence-corrected chi connectivity index (χ2v) is 6.46. The average Bonchev–Trinajstić information content (AvgIpc) is 2.87. The molecule has 2 fully saturated rings. The summed E-state index contributed by atoms with van der Waals surface area (Å²) in [6, 6.07) is 4.74. The van der Waals surface area contributed by atoms with Crippen LogP contribution in [0.4, 0.5) is 5.69 Å². The molecular weight excluding hydrogens is 264 g/mol. The highest BCUT2D eigenvalue weighted by molar-refractivity contribution is 6.30. The van der Waals surface area contributed by atoms with E-state index >= 15 is 0 Å². The normalized spacial score (nSPS) is 32.7. The highest BCUT2D eigenvalue weighted by atomic mass is 35.5. The Morgan fingerprint density at radius 2 is 2.26 bits per heavy atom. The summed E-state index contributed by atoms with van der Waals surface area (Å²) >= 11 is 5.97. The number of nitro groups is 1. The van der Waals surface area contributed by atoms with E-state index < -0.39 is 0 Å². The van der Waals surface area contributed by atoms with E-state index in [2.05, 4.69) is 0 Å². The fourth-order valence-electron chi connectivity index (χ4n) is 3.93. The number of nitro benzene ring substituents is 1. The number of benzene rings is 1. The first-order chi connectivity index (χ1) is 8.98. The summed E-state index contributed by atoms with van der Waals surface area (Å²) in [5.41, 5.74) is 7.06. The van der Waals surface area contributed by atoms with Gasteiger partial charge in [-0.1, -0.05) is 18.0 Å². The lowest BCUT2D eigenvalue weighted by molar-refractivity contribution is -0.385. The smallest absolute Gasteiger partial charge is 0.272 e. The predicted octanol–water partition coefficient (Wildman–Crippen LogP) is 3.31. The molecule has 2 aliphatic carbocycles. The van der Waals surface area contributed by atoms with Crippen molar-refractivity contribution in [1.82, 2.24) is 0 Å². The Bertz CT molecular complexity index is 534. The van der Waals surface area contributed by atoms with Gasteiger partial charge in [0.25, 0.3) is 5.69 Å². The van der Waals surface area contributed by atoms with E-state index in [0.717, 1.165) is 12.8 Å². The maximum atomic E-state index is 11.1. The molecule has 0 heterocycles. The van der Waals surface area contributed by atoms with Crippen molar-refractivity contribution in [2.45, 2.75) is 37.6 Å². The van der Waals surface area contributed by atoms with Gasteiger partial charge in [0.1, 0.15) is 0 Å². The van der Waals surface area contributed by atoms with Gasteiger partial charge in [0, 0.05) is 22.2 Å². The summed E-state index contributed by atoms with van der Waals surface area (Å²) in [6.07, 6.45) is 5.16. The van der Waals surface area contributed by atoms with Gasteiger partial charge in [-0.15, -0.1) is 0 Å². The SMILES string of the molecule is NC1(Cc2cc(Cl)ccc2[N+](=O)[O-])CC2CCC1C2. The van der Waals surface area contributed by atoms with Gasteiger partial charge >= 0.3 is 0 Å². The first-order valence-corrected chi connectivity index (χ1v) is 7.07. The molecule has 1 aromatic carbocycles. The highest BCUT2D eigenvalue weighted by Gasteiger charge is 2.48. The molecule has 3 atom stereocenters. The van der Waals surface area contributed by atoms with E-state index in [0.29, 0.717) is 28.8 Å². The lowest BCUT2D eigenvalue weighted by Gasteiger charge is -2.33. The molecule has 3 unspecified atom stereocenters. The van der Waals surface area contributed by atoms with Crippen LogP contribution in [0.3, 0.4) is 0 Å². The minimum absolute atomic E-state index is 0.136. The van der Waals surface area contributed by atoms with Gasteiger partial charge in [0.05, 0.1) is 4.92 Å². The van der Waals surface area contributed by atoms with Gasteiger partial charge in [-0.05, 0) is 49.7 Å². The maximum Gasteiger partial charge on any atom is 0.272 e. The van der Waals surface area contributed by atoms with Gasteiger partial charge < -0.3 is 5.73 Å². The van der Waals surface area contributed by atoms with Crippen LogP contribution in [0, 0.1) is 22.0 Å². The number of nitrogens with two attached hydrogens (primary N) is 1. The summed E-state index contributed by atoms with van der Waals surface area (Å²) in [7, 11) is 0. The number of hydrogen-bond acceptors (Lipinski definition) is 3. The van der Waals surface area contributed by atoms with E-state index in [4.69, 9.17) is 17.3 Å². The molecule has 2 aliphatic rings. The van der Waals surface area contributed by atoms with Gasteiger partial charge in [0.2, 0.25) is 0 Å². The highest BCUT2D eigenvalue weighted by Crippen LogP contribution is 2.51. The fourth-order valence-corrected chi connectivity index (χ4v) is 4.13. The molecule has 4 nitrogen and oxygen atoms in total. The Labute approximate surface area is 117 Å². The number of fused-ring (bicyclic) bond motifs is 2. The number of rotatable bonds is 3. The molecule has 0 radical (unpaired) electrons. The Balaban J connectivity index is 1.91. The zero-order chi connectivity index (χ0) is 13.6. The molecule has 0 aliphatic heterocycles. The summed E-state index contributed by atoms with van der Waals surface area (Å²) in [5, 5.41) is 11.6. The van der Waals surface area contributed by atoms with Crippen LogP contribution < -0.4 is 5.73 Å². The molecule has 1 aromatic rings. The maximum absolute atomic E-state index is 11.1. The topological polar surface area (TPSA) is 69.2 Å². The Hall–Kier alpha value is -1.13. The van der Waals surface area contributed by atoms with Crippen LogP contribution in [0.5, 0.6) is 0 Å². The van der Waals surface area contributed by atoms with E-state index in [9.17, 15) is 10.1 Å². The summed E-state index contributed by atoms with van der Waals surface area (Å²) < 4.78 is 0. The van der Waals surface area contributed by atoms with Gasteiger partial charge in [-0.25, -0.2) is 0 Å². The zero-order valence-corrected chi connectivity index (χ0v) is 11.4. The molecule has 2 N–H and O–H groups in total. The largest absolute Gasteiger partial charge is 0.325 e. The van der Waals surface area contributed by atoms with Crippen molar-refractivity contribution in [3.05, 3.63) is 38.9 Å². The molecule has 0 aromatic heterocycles. The third kappa shape index (κ3) is 2.23. The summed E-state index contributed by atoms with van der Waals surface area (Å²) in [5.74, 6) is 1.23. The van der Waals surface area contributed by atoms with Crippen LogP contribution >= 0.6 is 11.6 Å². The van der Waals surface area contributed by atoms with E-state index in [1.54, 1.807) is 12.1 Å². The lowest BCUT2D eigenvalue weighted by Crippen LogP contribution is -2.47. The molecule has 102 valence electrons. The van der Waals surface area contributed by atoms with Gasteiger partial charge in [-0.3, -0.25) is 10.1 Å². The first kappa shape index (κ1) is 12.9. The lowest BCUT2D eigenvalue weighted by atomic mass is 9.77. The number of nitrogens with zero attached hydrogens (tertiary/aromatic N) is 1. The minimum Gasteiger partial charge on any atom is -0.325 e. The van der Waals surface area contributed by atoms with Crippen LogP contribution in [-0.4, -0.2) is 10.5 Å². The second kappa shape index (κ2) is 4.46. The zero-order valence-electron chi connectivity index (χ0n) is 10.6. The Kier molecular flexibility index (Phi) is 3.02. The van der Waals surface area contributed by atoms with E-state index in [1.807, 2.05) is 0 Å². The van der Waals surface area contributed by atoms with Crippen molar-refractivity contribution >= 4 is 17.3 Å². The molecule has 0 saturated heterocycles. The molecule has 2 saturated carbocycles. The van der Waals surface area contributed by atoms with Crippen molar-refractivity contribution in [3.8, 4) is 0 Å². The van der Waals surface area contributed by atoms with Crippen LogP contribution in [0.2, 0.25) is 5.02 Å². The Morgan fingerprint density at radius 3 is 2.84 bits per heavy atom. The monoisotopic (exact) mass is 280 g/mol. The number of hydrogen-bond donors (Lipinski definition) is 1. The second-order valence-electron chi connectivity index (χ2n) is 6.02. The minimum atomic E-state index is -0.345. The summed E-state index contributed by atoms with van der Waals surface area (Å²) in [4.78, 5) is 10.7. The third-order valence-corrected chi connectivity index (χ3v) is 5.02. The van der Waals surface area contributed by atoms with Crippen molar-refractivity contribution in [2.24, 2.45) is 17.6 Å². The average molecular weight is 281 g/mol. The van der Waals surface area contributed by atoms with Crippen molar-refractivity contribution in [1.29, 1.82) is 0 Å². The van der Waals surface area contributed by atoms with E-state index in [-0.39, 0.29) is 16.1 Å². The molecule has 19 heavy (non-hydrogen) atoms. The van der Waals surface area contributed by atoms with Crippen LogP contribution in [0.25, 0.3) is 0 Å². The molecule has 0 amide bonds. The van der Waals surface area contributed by atoms with Crippen molar-refractivity contribution < 1.29 is 4.92 Å². The first-order valence-electron chi connectivity index (χ1n) is 6.70. The molecule has 0 spiro atoms. The third-order valence-electron chi connectivity index (χ3n) is 4.78. The fraction of sp³-hybridized carbons (Fsp3) is 0.571. The Morgan fingerprint density at radius 1 is 1.47 bits per heavy atom. The molecular formula is C14H17ClN2O2. The summed E-state index contributed by atoms with van der Waals surface area (Å²) in [6.45, 7) is 0.